The van der Waals surface area contributed by atoms with Crippen LogP contribution in [0.15, 0.2) is 11.8 Å². The fourth-order valence-corrected chi connectivity index (χ4v) is 0. The van der Waals surface area contributed by atoms with Gasteiger partial charge in [-0.2, -0.15) is 0 Å². The Bertz CT molecular complexity index is 44.9. The molecule has 0 atom stereocenters. The van der Waals surface area contributed by atoms with Crippen LogP contribution in [0.5, 0.6) is 0 Å². The van der Waals surface area contributed by atoms with Crippen LogP contribution >= 0.6 is 0 Å². The van der Waals surface area contributed by atoms with E-state index in [4.69, 9.17) is 5.73 Å². The number of hydrogen-bond donors (Lipinski definition) is 3. The summed E-state index contributed by atoms with van der Waals surface area (Å²) in [5, 5.41) is 0. The average molecular weight is 103 g/mol. The van der Waals surface area contributed by atoms with Gasteiger partial charge in [0.1, 0.15) is 0 Å². The monoisotopic (exact) mass is 103 g/mol. The van der Waals surface area contributed by atoms with E-state index in [1.54, 1.807) is 6.20 Å². The SMILES string of the molecule is CC(C)=CN.NN. The third-order valence-corrected chi connectivity index (χ3v) is 0.333. The maximum atomic E-state index is 5.01. The van der Waals surface area contributed by atoms with Crippen molar-refractivity contribution >= 4 is 0 Å². The van der Waals surface area contributed by atoms with Crippen molar-refractivity contribution in [3.63, 3.8) is 0 Å². The molecule has 3 heteroatoms. The molecule has 44 valence electrons. The molecule has 0 aliphatic rings. The fraction of sp³-hybridized carbons (Fsp3) is 0.500. The number of hydrogen-bond acceptors (Lipinski definition) is 3. The van der Waals surface area contributed by atoms with E-state index in [1.165, 1.54) is 0 Å². The second-order valence-electron chi connectivity index (χ2n) is 1.24. The van der Waals surface area contributed by atoms with Crippen molar-refractivity contribution in [3.8, 4) is 0 Å². The molecule has 0 heterocycles. The van der Waals surface area contributed by atoms with Crippen LogP contribution in [0.25, 0.3) is 0 Å². The van der Waals surface area contributed by atoms with Crippen molar-refractivity contribution in [1.29, 1.82) is 0 Å². The molecule has 0 aromatic carbocycles. The van der Waals surface area contributed by atoms with Crippen LogP contribution < -0.4 is 17.4 Å². The van der Waals surface area contributed by atoms with E-state index in [-0.39, 0.29) is 0 Å². The minimum atomic E-state index is 1.16. The third-order valence-electron chi connectivity index (χ3n) is 0.333. The number of nitrogens with two attached hydrogens (primary N) is 3. The molecule has 0 fully saturated rings. The fourth-order valence-electron chi connectivity index (χ4n) is 0. The molecule has 0 aliphatic heterocycles. The quantitative estimate of drug-likeness (QED) is 0.290. The first-order valence-corrected chi connectivity index (χ1v) is 1.96. The van der Waals surface area contributed by atoms with Gasteiger partial charge in [-0.25, -0.2) is 0 Å². The van der Waals surface area contributed by atoms with Gasteiger partial charge in [-0.3, -0.25) is 11.7 Å². The first-order chi connectivity index (χ1) is 3.27. The lowest BCUT2D eigenvalue weighted by atomic mass is 10.4. The lowest BCUT2D eigenvalue weighted by Gasteiger charge is -1.74. The van der Waals surface area contributed by atoms with Crippen LogP contribution in [0.2, 0.25) is 0 Å². The van der Waals surface area contributed by atoms with E-state index in [9.17, 15) is 0 Å². The molecule has 0 aromatic heterocycles. The number of allylic oxidation sites excluding steroid dienone is 1. The Morgan fingerprint density at radius 2 is 1.43 bits per heavy atom. The minimum Gasteiger partial charge on any atom is -0.405 e. The summed E-state index contributed by atoms with van der Waals surface area (Å²) in [7, 11) is 0. The Hall–Kier alpha value is -0.540. The summed E-state index contributed by atoms with van der Waals surface area (Å²) in [6.45, 7) is 3.92. The predicted molar refractivity (Wildman–Crippen MR) is 32.0 cm³/mol. The van der Waals surface area contributed by atoms with Crippen molar-refractivity contribution in [1.82, 2.24) is 0 Å². The summed E-state index contributed by atoms with van der Waals surface area (Å²) < 4.78 is 0. The number of hydrazine groups is 1. The van der Waals surface area contributed by atoms with Gasteiger partial charge in [0.25, 0.3) is 0 Å². The Labute approximate surface area is 44.1 Å². The molecule has 0 spiro atoms. The number of rotatable bonds is 0. The summed E-state index contributed by atoms with van der Waals surface area (Å²) in [5.74, 6) is 8.00. The zero-order valence-corrected chi connectivity index (χ0v) is 4.81. The molecule has 3 nitrogen and oxygen atoms in total. The smallest absolute Gasteiger partial charge is 0.00761 e. The Morgan fingerprint density at radius 3 is 1.43 bits per heavy atom. The normalized spacial score (nSPS) is 5.71. The molecule has 0 bridgehead atoms. The highest BCUT2D eigenvalue weighted by Gasteiger charge is 1.61. The van der Waals surface area contributed by atoms with Gasteiger partial charge in [0, 0.05) is 0 Å². The van der Waals surface area contributed by atoms with Crippen molar-refractivity contribution in [2.45, 2.75) is 13.8 Å². The first-order valence-electron chi connectivity index (χ1n) is 1.96. The van der Waals surface area contributed by atoms with Crippen molar-refractivity contribution in [2.24, 2.45) is 17.4 Å². The average Bonchev–Trinajstić information content (AvgIpc) is 1.73. The van der Waals surface area contributed by atoms with Gasteiger partial charge >= 0.3 is 0 Å². The van der Waals surface area contributed by atoms with E-state index in [2.05, 4.69) is 11.7 Å². The molecule has 0 unspecified atom stereocenters. The topological polar surface area (TPSA) is 78.1 Å². The highest BCUT2D eigenvalue weighted by molar-refractivity contribution is 4.87. The van der Waals surface area contributed by atoms with Gasteiger partial charge in [-0.1, -0.05) is 5.57 Å². The molecule has 6 N–H and O–H groups in total. The summed E-state index contributed by atoms with van der Waals surface area (Å²) in [6, 6.07) is 0. The molecule has 7 heavy (non-hydrogen) atoms. The van der Waals surface area contributed by atoms with Gasteiger partial charge in [0.05, 0.1) is 0 Å². The molecule has 0 saturated heterocycles. The zero-order valence-electron chi connectivity index (χ0n) is 4.81. The van der Waals surface area contributed by atoms with E-state index in [0.29, 0.717) is 0 Å². The van der Waals surface area contributed by atoms with Crippen LogP contribution in [-0.4, -0.2) is 0 Å². The van der Waals surface area contributed by atoms with Gasteiger partial charge in [-0.05, 0) is 20.0 Å². The summed E-state index contributed by atoms with van der Waals surface area (Å²) in [4.78, 5) is 0. The Balaban J connectivity index is 0. The highest BCUT2D eigenvalue weighted by atomic mass is 15.0. The molecule has 0 amide bonds. The molecule has 0 saturated carbocycles. The Kier molecular flexibility index (Phi) is 12.5. The highest BCUT2D eigenvalue weighted by Crippen LogP contribution is 1.78. The van der Waals surface area contributed by atoms with Crippen molar-refractivity contribution in [2.75, 3.05) is 0 Å². The van der Waals surface area contributed by atoms with Gasteiger partial charge in [0.15, 0.2) is 0 Å². The predicted octanol–water partition coefficient (Wildman–Crippen LogP) is -0.312. The zero-order chi connectivity index (χ0) is 6.28. The van der Waals surface area contributed by atoms with Gasteiger partial charge in [0.2, 0.25) is 0 Å². The molecule has 0 aromatic rings. The summed E-state index contributed by atoms with van der Waals surface area (Å²) in [6.07, 6.45) is 1.58. The maximum Gasteiger partial charge on any atom is -0.00761 e. The van der Waals surface area contributed by atoms with Crippen LogP contribution in [0.3, 0.4) is 0 Å². The third kappa shape index (κ3) is 30.7. The minimum absolute atomic E-state index is 1.16. The van der Waals surface area contributed by atoms with E-state index >= 15 is 0 Å². The largest absolute Gasteiger partial charge is 0.405 e. The standard InChI is InChI=1S/C4H9N.H4N2/c1-4(2)3-5;1-2/h3H,5H2,1-2H3;1-2H2. The van der Waals surface area contributed by atoms with E-state index in [1.807, 2.05) is 13.8 Å². The molecule has 0 aliphatic carbocycles. The van der Waals surface area contributed by atoms with Gasteiger partial charge < -0.3 is 5.73 Å². The van der Waals surface area contributed by atoms with E-state index in [0.717, 1.165) is 5.57 Å². The lowest BCUT2D eigenvalue weighted by Crippen LogP contribution is -2.02. The second-order valence-corrected chi connectivity index (χ2v) is 1.24. The Morgan fingerprint density at radius 1 is 1.29 bits per heavy atom. The van der Waals surface area contributed by atoms with Crippen molar-refractivity contribution < 1.29 is 0 Å². The van der Waals surface area contributed by atoms with E-state index < -0.39 is 0 Å². The maximum absolute atomic E-state index is 5.01. The molecule has 0 rings (SSSR count). The summed E-state index contributed by atoms with van der Waals surface area (Å²) >= 11 is 0. The summed E-state index contributed by atoms with van der Waals surface area (Å²) in [5.41, 5.74) is 6.17. The first kappa shape index (κ1) is 9.68. The molecular weight excluding hydrogens is 90.1 g/mol. The van der Waals surface area contributed by atoms with Crippen LogP contribution in [0.1, 0.15) is 13.8 Å². The van der Waals surface area contributed by atoms with Gasteiger partial charge in [-0.15, -0.1) is 0 Å². The molecule has 0 radical (unpaired) electrons. The van der Waals surface area contributed by atoms with Crippen molar-refractivity contribution in [3.05, 3.63) is 11.8 Å². The van der Waals surface area contributed by atoms with Crippen LogP contribution in [-0.2, 0) is 0 Å². The second kappa shape index (κ2) is 9.07. The van der Waals surface area contributed by atoms with Crippen LogP contribution in [0, 0.1) is 0 Å². The lowest BCUT2D eigenvalue weighted by molar-refractivity contribution is 1.26. The molecular formula is C4H13N3. The van der Waals surface area contributed by atoms with Crippen LogP contribution in [0.4, 0.5) is 0 Å².